The lowest BCUT2D eigenvalue weighted by Crippen LogP contribution is -2.55. The predicted octanol–water partition coefficient (Wildman–Crippen LogP) is 2.70. The molecule has 38 heavy (non-hydrogen) atoms. The molecule has 2 rings (SSSR count). The Balaban J connectivity index is 1.99. The number of urea groups is 1. The number of nitrogens with one attached hydrogen (secondary N) is 4. The summed E-state index contributed by atoms with van der Waals surface area (Å²) in [6.45, 7) is 5.88. The molecule has 0 saturated carbocycles. The number of hydrogen-bond acceptors (Lipinski definition) is 6. The maximum absolute atomic E-state index is 13.1. The summed E-state index contributed by atoms with van der Waals surface area (Å²) in [5.74, 6) is -1.10. The minimum absolute atomic E-state index is 0.0362. The number of rotatable bonds is 14. The monoisotopic (exact) mass is 526 g/mol. The van der Waals surface area contributed by atoms with E-state index in [0.717, 1.165) is 5.56 Å². The van der Waals surface area contributed by atoms with Gasteiger partial charge in [-0.1, -0.05) is 63.2 Å². The molecule has 0 aliphatic rings. The zero-order valence-corrected chi connectivity index (χ0v) is 22.6. The smallest absolute Gasteiger partial charge is 0.315 e. The second-order valence-electron chi connectivity index (χ2n) is 9.16. The third-order valence-corrected chi connectivity index (χ3v) is 5.81. The molecule has 0 aliphatic heterocycles. The van der Waals surface area contributed by atoms with Crippen molar-refractivity contribution in [2.75, 3.05) is 14.2 Å². The van der Waals surface area contributed by atoms with E-state index >= 15 is 0 Å². The van der Waals surface area contributed by atoms with Crippen LogP contribution in [0.25, 0.3) is 0 Å². The normalized spacial score (nSPS) is 12.2. The Labute approximate surface area is 223 Å². The summed E-state index contributed by atoms with van der Waals surface area (Å²) < 4.78 is 10.6. The molecule has 0 heterocycles. The van der Waals surface area contributed by atoms with Gasteiger partial charge in [0, 0.05) is 18.7 Å². The van der Waals surface area contributed by atoms with Crippen LogP contribution in [0.15, 0.2) is 48.5 Å². The van der Waals surface area contributed by atoms with Crippen LogP contribution in [0.3, 0.4) is 0 Å². The van der Waals surface area contributed by atoms with Gasteiger partial charge in [-0.2, -0.15) is 0 Å². The van der Waals surface area contributed by atoms with E-state index in [1.165, 1.54) is 14.2 Å². The topological polar surface area (TPSA) is 135 Å². The van der Waals surface area contributed by atoms with Gasteiger partial charge in [0.2, 0.25) is 11.7 Å². The average Bonchev–Trinajstić information content (AvgIpc) is 2.92. The van der Waals surface area contributed by atoms with Crippen molar-refractivity contribution in [3.05, 3.63) is 59.7 Å². The first kappa shape index (κ1) is 30.1. The van der Waals surface area contributed by atoms with Crippen molar-refractivity contribution < 1.29 is 28.7 Å². The molecule has 0 aliphatic carbocycles. The van der Waals surface area contributed by atoms with Crippen LogP contribution < -0.4 is 30.7 Å². The number of hydrogen-bond donors (Lipinski definition) is 4. The van der Waals surface area contributed by atoms with Crippen molar-refractivity contribution >= 4 is 23.6 Å². The lowest BCUT2D eigenvalue weighted by molar-refractivity contribution is -0.140. The number of ketones is 1. The number of ether oxygens (including phenoxy) is 2. The third kappa shape index (κ3) is 9.10. The van der Waals surface area contributed by atoms with E-state index in [4.69, 9.17) is 9.47 Å². The van der Waals surface area contributed by atoms with Gasteiger partial charge < -0.3 is 30.7 Å². The predicted molar refractivity (Wildman–Crippen MR) is 144 cm³/mol. The zero-order chi connectivity index (χ0) is 28.1. The van der Waals surface area contributed by atoms with Crippen LogP contribution in [0.4, 0.5) is 4.79 Å². The molecule has 2 unspecified atom stereocenters. The van der Waals surface area contributed by atoms with Crippen molar-refractivity contribution in [3.8, 4) is 11.5 Å². The Morgan fingerprint density at radius 2 is 1.53 bits per heavy atom. The molecular formula is C28H38N4O6. The minimum atomic E-state index is -1.04. The zero-order valence-electron chi connectivity index (χ0n) is 22.6. The molecule has 2 aromatic carbocycles. The van der Waals surface area contributed by atoms with Gasteiger partial charge in [-0.05, 0) is 30.4 Å². The summed E-state index contributed by atoms with van der Waals surface area (Å²) in [5.41, 5.74) is 1.55. The van der Waals surface area contributed by atoms with Gasteiger partial charge >= 0.3 is 6.03 Å². The molecule has 0 bridgehead atoms. The number of carbonyl (C=O) groups excluding carboxylic acids is 4. The molecule has 10 nitrogen and oxygen atoms in total. The maximum atomic E-state index is 13.1. The molecule has 0 spiro atoms. The highest BCUT2D eigenvalue weighted by Crippen LogP contribution is 2.30. The van der Waals surface area contributed by atoms with Crippen molar-refractivity contribution in [2.24, 2.45) is 5.92 Å². The highest BCUT2D eigenvalue weighted by molar-refractivity contribution is 6.38. The molecular weight excluding hydrogens is 488 g/mol. The van der Waals surface area contributed by atoms with Crippen LogP contribution >= 0.6 is 0 Å². The maximum Gasteiger partial charge on any atom is 0.315 e. The molecule has 0 aromatic heterocycles. The van der Waals surface area contributed by atoms with Crippen LogP contribution in [-0.4, -0.2) is 49.9 Å². The van der Waals surface area contributed by atoms with Crippen molar-refractivity contribution in [2.45, 2.75) is 58.8 Å². The SMILES string of the molecule is CCC(NC(=O)C(CC(C)C)NC(=O)NCc1ccccc1)C(=O)C(=O)NCc1cccc(OC)c1OC. The Kier molecular flexibility index (Phi) is 12.1. The number of amides is 4. The summed E-state index contributed by atoms with van der Waals surface area (Å²) >= 11 is 0. The van der Waals surface area contributed by atoms with Crippen LogP contribution in [0.1, 0.15) is 44.7 Å². The average molecular weight is 527 g/mol. The fraction of sp³-hybridized carbons (Fsp3) is 0.429. The molecule has 0 fully saturated rings. The summed E-state index contributed by atoms with van der Waals surface area (Å²) in [4.78, 5) is 51.0. The van der Waals surface area contributed by atoms with Crippen LogP contribution in [0.5, 0.6) is 11.5 Å². The van der Waals surface area contributed by atoms with Crippen LogP contribution in [-0.2, 0) is 27.5 Å². The molecule has 10 heteroatoms. The fourth-order valence-corrected chi connectivity index (χ4v) is 3.83. The Morgan fingerprint density at radius 3 is 2.13 bits per heavy atom. The highest BCUT2D eigenvalue weighted by Gasteiger charge is 2.29. The minimum Gasteiger partial charge on any atom is -0.493 e. The van der Waals surface area contributed by atoms with E-state index in [1.807, 2.05) is 44.2 Å². The van der Waals surface area contributed by atoms with Gasteiger partial charge in [0.15, 0.2) is 11.5 Å². The Morgan fingerprint density at radius 1 is 0.816 bits per heavy atom. The third-order valence-electron chi connectivity index (χ3n) is 5.81. The van der Waals surface area contributed by atoms with Gasteiger partial charge in [-0.15, -0.1) is 0 Å². The standard InChI is InChI=1S/C28H38N4O6/c1-6-21(24(33)27(35)29-17-20-13-10-14-23(37-4)25(20)38-5)31-26(34)22(15-18(2)3)32-28(36)30-16-19-11-8-7-9-12-19/h7-14,18,21-22H,6,15-17H2,1-5H3,(H,29,35)(H,31,34)(H2,30,32,36). The molecule has 2 atom stereocenters. The van der Waals surface area contributed by atoms with Crippen LogP contribution in [0.2, 0.25) is 0 Å². The van der Waals surface area contributed by atoms with Gasteiger partial charge in [-0.25, -0.2) is 4.79 Å². The van der Waals surface area contributed by atoms with Crippen LogP contribution in [0, 0.1) is 5.92 Å². The summed E-state index contributed by atoms with van der Waals surface area (Å²) in [6, 6.07) is 12.2. The first-order valence-corrected chi connectivity index (χ1v) is 12.6. The highest BCUT2D eigenvalue weighted by atomic mass is 16.5. The lowest BCUT2D eigenvalue weighted by Gasteiger charge is -2.23. The largest absolute Gasteiger partial charge is 0.493 e. The number of para-hydroxylation sites is 1. The fourth-order valence-electron chi connectivity index (χ4n) is 3.83. The Bertz CT molecular complexity index is 1090. The summed E-state index contributed by atoms with van der Waals surface area (Å²) in [7, 11) is 2.99. The van der Waals surface area contributed by atoms with Crippen molar-refractivity contribution in [3.63, 3.8) is 0 Å². The van der Waals surface area contributed by atoms with E-state index in [2.05, 4.69) is 21.3 Å². The molecule has 206 valence electrons. The van der Waals surface area contributed by atoms with E-state index in [0.29, 0.717) is 30.0 Å². The molecule has 4 N–H and O–H groups in total. The molecule has 2 aromatic rings. The number of benzene rings is 2. The van der Waals surface area contributed by atoms with Gasteiger partial charge in [-0.3, -0.25) is 14.4 Å². The first-order valence-electron chi connectivity index (χ1n) is 12.6. The van der Waals surface area contributed by atoms with Crippen molar-refractivity contribution in [1.82, 2.24) is 21.3 Å². The van der Waals surface area contributed by atoms with Crippen molar-refractivity contribution in [1.29, 1.82) is 0 Å². The van der Waals surface area contributed by atoms with Gasteiger partial charge in [0.25, 0.3) is 5.91 Å². The summed E-state index contributed by atoms with van der Waals surface area (Å²) in [6.07, 6.45) is 0.562. The lowest BCUT2D eigenvalue weighted by atomic mass is 10.0. The molecule has 4 amide bonds. The number of methoxy groups -OCH3 is 2. The summed E-state index contributed by atoms with van der Waals surface area (Å²) in [5, 5.41) is 10.6. The second-order valence-corrected chi connectivity index (χ2v) is 9.16. The second kappa shape index (κ2) is 15.2. The van der Waals surface area contributed by atoms with E-state index < -0.39 is 35.7 Å². The molecule has 0 radical (unpaired) electrons. The van der Waals surface area contributed by atoms with Gasteiger partial charge in [0.05, 0.1) is 20.3 Å². The first-order chi connectivity index (χ1) is 18.2. The van der Waals surface area contributed by atoms with Gasteiger partial charge in [0.1, 0.15) is 6.04 Å². The van der Waals surface area contributed by atoms with E-state index in [-0.39, 0.29) is 18.9 Å². The number of Topliss-reactive ketones (excluding diaryl/α,β-unsaturated/α-hetero) is 1. The molecule has 0 saturated heterocycles. The van der Waals surface area contributed by atoms with E-state index in [9.17, 15) is 19.2 Å². The quantitative estimate of drug-likeness (QED) is 0.280. The Hall–Kier alpha value is -4.08. The van der Waals surface area contributed by atoms with E-state index in [1.54, 1.807) is 25.1 Å². The number of carbonyl (C=O) groups is 4.